The zero-order chi connectivity index (χ0) is 12.0. The van der Waals surface area contributed by atoms with Crippen LogP contribution in [0.4, 0.5) is 0 Å². The number of aromatic nitrogens is 1. The second kappa shape index (κ2) is 5.92. The summed E-state index contributed by atoms with van der Waals surface area (Å²) in [5.41, 5.74) is 0. The van der Waals surface area contributed by atoms with E-state index in [4.69, 9.17) is 5.11 Å². The van der Waals surface area contributed by atoms with Crippen LogP contribution < -0.4 is 4.72 Å². The second-order valence-corrected chi connectivity index (χ2v) is 5.97. The van der Waals surface area contributed by atoms with Crippen LogP contribution in [0.3, 0.4) is 0 Å². The fraction of sp³-hybridized carbons (Fsp3) is 0.500. The summed E-state index contributed by atoms with van der Waals surface area (Å²) in [4.78, 5) is 14.1. The van der Waals surface area contributed by atoms with Gasteiger partial charge in [-0.15, -0.1) is 11.3 Å². The number of carbonyl (C=O) groups is 1. The van der Waals surface area contributed by atoms with E-state index in [0.717, 1.165) is 0 Å². The summed E-state index contributed by atoms with van der Waals surface area (Å²) < 4.78 is 25.1. The number of carboxylic acid groups (broad SMARTS) is 1. The maximum Gasteiger partial charge on any atom is 0.303 e. The lowest BCUT2D eigenvalue weighted by molar-refractivity contribution is -0.137. The molecule has 1 rings (SSSR count). The van der Waals surface area contributed by atoms with Crippen molar-refractivity contribution in [2.75, 3.05) is 5.75 Å². The van der Waals surface area contributed by atoms with Crippen LogP contribution in [-0.2, 0) is 21.4 Å². The average Bonchev–Trinajstić information content (AvgIpc) is 2.66. The third-order valence-electron chi connectivity index (χ3n) is 1.73. The Bertz CT molecular complexity index is 427. The number of carboxylic acids is 1. The van der Waals surface area contributed by atoms with Gasteiger partial charge in [-0.3, -0.25) is 4.79 Å². The summed E-state index contributed by atoms with van der Waals surface area (Å²) >= 11 is 1.36. The first-order valence-corrected chi connectivity index (χ1v) is 7.10. The highest BCUT2D eigenvalue weighted by Gasteiger charge is 2.11. The second-order valence-electron chi connectivity index (χ2n) is 3.06. The summed E-state index contributed by atoms with van der Waals surface area (Å²) in [6.45, 7) is 0.160. The molecule has 0 aliphatic carbocycles. The largest absolute Gasteiger partial charge is 0.481 e. The van der Waals surface area contributed by atoms with Crippen LogP contribution in [0.1, 0.15) is 17.8 Å². The van der Waals surface area contributed by atoms with Gasteiger partial charge in [-0.25, -0.2) is 18.1 Å². The molecule has 90 valence electrons. The molecule has 0 radical (unpaired) electrons. The highest BCUT2D eigenvalue weighted by atomic mass is 32.2. The molecule has 0 spiro atoms. The van der Waals surface area contributed by atoms with Crippen molar-refractivity contribution in [1.29, 1.82) is 0 Å². The molecule has 0 aliphatic heterocycles. The molecule has 1 aromatic rings. The van der Waals surface area contributed by atoms with Gasteiger partial charge < -0.3 is 5.11 Å². The fourth-order valence-corrected chi connectivity index (χ4v) is 2.67. The predicted molar refractivity (Wildman–Crippen MR) is 59.6 cm³/mol. The summed E-state index contributed by atoms with van der Waals surface area (Å²) in [6.07, 6.45) is 1.57. The lowest BCUT2D eigenvalue weighted by Crippen LogP contribution is -2.26. The van der Waals surface area contributed by atoms with Gasteiger partial charge in [-0.1, -0.05) is 0 Å². The molecule has 2 N–H and O–H groups in total. The Labute approximate surface area is 97.4 Å². The molecular formula is C8H12N2O4S2. The van der Waals surface area contributed by atoms with Crippen molar-refractivity contribution >= 4 is 27.3 Å². The number of sulfonamides is 1. The zero-order valence-corrected chi connectivity index (χ0v) is 10.1. The number of aliphatic carboxylic acids is 1. The van der Waals surface area contributed by atoms with Gasteiger partial charge in [0.15, 0.2) is 0 Å². The van der Waals surface area contributed by atoms with E-state index in [1.807, 2.05) is 0 Å². The van der Waals surface area contributed by atoms with Crippen molar-refractivity contribution < 1.29 is 18.3 Å². The summed E-state index contributed by atoms with van der Waals surface area (Å²) in [5.74, 6) is -1.17. The Kier molecular flexibility index (Phi) is 4.84. The topological polar surface area (TPSA) is 96.4 Å². The molecule has 1 heterocycles. The van der Waals surface area contributed by atoms with Gasteiger partial charge in [0, 0.05) is 18.0 Å². The van der Waals surface area contributed by atoms with E-state index in [1.54, 1.807) is 11.6 Å². The molecule has 0 bridgehead atoms. The van der Waals surface area contributed by atoms with Gasteiger partial charge in [0.2, 0.25) is 10.0 Å². The molecule has 0 fully saturated rings. The molecule has 0 saturated carbocycles. The number of hydrogen-bond donors (Lipinski definition) is 2. The van der Waals surface area contributed by atoms with E-state index < -0.39 is 16.0 Å². The molecule has 16 heavy (non-hydrogen) atoms. The van der Waals surface area contributed by atoms with Gasteiger partial charge in [0.1, 0.15) is 5.01 Å². The third-order valence-corrected chi connectivity index (χ3v) is 3.92. The molecular weight excluding hydrogens is 252 g/mol. The third kappa shape index (κ3) is 5.19. The highest BCUT2D eigenvalue weighted by Crippen LogP contribution is 2.04. The summed E-state index contributed by atoms with van der Waals surface area (Å²) in [5, 5.41) is 10.8. The fourth-order valence-electron chi connectivity index (χ4n) is 0.998. The van der Waals surface area contributed by atoms with Crippen molar-refractivity contribution in [3.05, 3.63) is 16.6 Å². The summed E-state index contributed by atoms with van der Waals surface area (Å²) in [6, 6.07) is 0. The Hall–Kier alpha value is -0.990. The Morgan fingerprint density at radius 1 is 1.56 bits per heavy atom. The van der Waals surface area contributed by atoms with Gasteiger partial charge in [-0.05, 0) is 6.42 Å². The number of hydrogen-bond acceptors (Lipinski definition) is 5. The van der Waals surface area contributed by atoms with Crippen molar-refractivity contribution in [3.63, 3.8) is 0 Å². The minimum Gasteiger partial charge on any atom is -0.481 e. The number of rotatable bonds is 7. The van der Waals surface area contributed by atoms with E-state index in [0.29, 0.717) is 5.01 Å². The first kappa shape index (κ1) is 13.1. The average molecular weight is 264 g/mol. The van der Waals surface area contributed by atoms with E-state index in [9.17, 15) is 13.2 Å². The zero-order valence-electron chi connectivity index (χ0n) is 8.42. The Morgan fingerprint density at radius 2 is 2.31 bits per heavy atom. The van der Waals surface area contributed by atoms with Gasteiger partial charge in [0.25, 0.3) is 0 Å². The molecule has 6 nitrogen and oxygen atoms in total. The van der Waals surface area contributed by atoms with Crippen molar-refractivity contribution in [2.45, 2.75) is 19.4 Å². The first-order valence-electron chi connectivity index (χ1n) is 4.57. The molecule has 0 atom stereocenters. The van der Waals surface area contributed by atoms with Gasteiger partial charge >= 0.3 is 5.97 Å². The van der Waals surface area contributed by atoms with E-state index in [2.05, 4.69) is 9.71 Å². The number of nitrogens with zero attached hydrogens (tertiary/aromatic N) is 1. The smallest absolute Gasteiger partial charge is 0.303 e. The Balaban J connectivity index is 2.31. The monoisotopic (exact) mass is 264 g/mol. The quantitative estimate of drug-likeness (QED) is 0.744. The van der Waals surface area contributed by atoms with Crippen LogP contribution in [0.15, 0.2) is 11.6 Å². The van der Waals surface area contributed by atoms with Crippen molar-refractivity contribution in [3.8, 4) is 0 Å². The normalized spacial score (nSPS) is 11.5. The number of nitrogens with one attached hydrogen (secondary N) is 1. The van der Waals surface area contributed by atoms with E-state index in [-0.39, 0.29) is 25.1 Å². The van der Waals surface area contributed by atoms with Gasteiger partial charge in [-0.2, -0.15) is 0 Å². The highest BCUT2D eigenvalue weighted by molar-refractivity contribution is 7.89. The molecule has 0 aliphatic rings. The van der Waals surface area contributed by atoms with Crippen LogP contribution in [-0.4, -0.2) is 30.2 Å². The lowest BCUT2D eigenvalue weighted by atomic mass is 10.3. The van der Waals surface area contributed by atoms with Crippen molar-refractivity contribution in [1.82, 2.24) is 9.71 Å². The van der Waals surface area contributed by atoms with Crippen LogP contribution in [0.5, 0.6) is 0 Å². The SMILES string of the molecule is O=C(O)CCCS(=O)(=O)NCc1nccs1. The maximum atomic E-state index is 11.4. The van der Waals surface area contributed by atoms with Crippen LogP contribution >= 0.6 is 11.3 Å². The van der Waals surface area contributed by atoms with Crippen LogP contribution in [0.25, 0.3) is 0 Å². The van der Waals surface area contributed by atoms with Crippen LogP contribution in [0, 0.1) is 0 Å². The Morgan fingerprint density at radius 3 is 2.88 bits per heavy atom. The van der Waals surface area contributed by atoms with Gasteiger partial charge in [0.05, 0.1) is 12.3 Å². The molecule has 0 aromatic carbocycles. The maximum absolute atomic E-state index is 11.4. The molecule has 0 unspecified atom stereocenters. The molecule has 0 amide bonds. The first-order chi connectivity index (χ1) is 7.49. The minimum atomic E-state index is -3.40. The lowest BCUT2D eigenvalue weighted by Gasteiger charge is -2.03. The predicted octanol–water partition coefficient (Wildman–Crippen LogP) is 0.427. The summed E-state index contributed by atoms with van der Waals surface area (Å²) in [7, 11) is -3.40. The minimum absolute atomic E-state index is 0.114. The molecule has 1 aromatic heterocycles. The molecule has 0 saturated heterocycles. The number of thiazole rings is 1. The molecule has 8 heteroatoms. The van der Waals surface area contributed by atoms with E-state index in [1.165, 1.54) is 11.3 Å². The van der Waals surface area contributed by atoms with E-state index >= 15 is 0 Å². The van der Waals surface area contributed by atoms with Crippen molar-refractivity contribution in [2.24, 2.45) is 0 Å². The van der Waals surface area contributed by atoms with Crippen LogP contribution in [0.2, 0.25) is 0 Å². The standard InChI is InChI=1S/C8H12N2O4S2/c11-8(12)2-1-5-16(13,14)10-6-7-9-3-4-15-7/h3-4,10H,1-2,5-6H2,(H,11,12).